The summed E-state index contributed by atoms with van der Waals surface area (Å²) in [6.07, 6.45) is 5.06. The Morgan fingerprint density at radius 3 is 2.60 bits per heavy atom. The van der Waals surface area contributed by atoms with E-state index in [0.717, 1.165) is 18.5 Å². The number of hydrogen-bond acceptors (Lipinski definition) is 3. The van der Waals surface area contributed by atoms with Gasteiger partial charge >= 0.3 is 0 Å². The second kappa shape index (κ2) is 6.34. The first-order valence-electron chi connectivity index (χ1n) is 6.66. The van der Waals surface area contributed by atoms with Crippen molar-refractivity contribution in [2.24, 2.45) is 0 Å². The van der Waals surface area contributed by atoms with Gasteiger partial charge in [0, 0.05) is 37.1 Å². The monoisotopic (exact) mass is 273 g/mol. The number of aromatic nitrogens is 1. The Morgan fingerprint density at radius 1 is 1.30 bits per heavy atom. The van der Waals surface area contributed by atoms with E-state index in [0.29, 0.717) is 6.04 Å². The lowest BCUT2D eigenvalue weighted by Gasteiger charge is -2.07. The molecular formula is C15H19N3O2. The molecule has 2 rings (SSSR count). The fraction of sp³-hybridized carbons (Fsp3) is 0.333. The van der Waals surface area contributed by atoms with Crippen LogP contribution in [0.5, 0.6) is 0 Å². The zero-order chi connectivity index (χ0) is 14.5. The molecule has 0 spiro atoms. The predicted octanol–water partition coefficient (Wildman–Crippen LogP) is 2.92. The molecule has 1 aromatic heterocycles. The minimum atomic E-state index is -0.374. The van der Waals surface area contributed by atoms with E-state index in [1.54, 1.807) is 12.1 Å². The molecule has 5 nitrogen and oxygen atoms in total. The molecule has 0 aliphatic heterocycles. The van der Waals surface area contributed by atoms with Crippen LogP contribution >= 0.6 is 0 Å². The lowest BCUT2D eigenvalue weighted by Crippen LogP contribution is -2.11. The number of aryl methyl sites for hydroxylation is 2. The van der Waals surface area contributed by atoms with Gasteiger partial charge in [-0.1, -0.05) is 12.1 Å². The second-order valence-electron chi connectivity index (χ2n) is 4.87. The number of nitro benzene ring substituents is 1. The van der Waals surface area contributed by atoms with E-state index in [2.05, 4.69) is 35.3 Å². The van der Waals surface area contributed by atoms with Crippen molar-refractivity contribution in [2.45, 2.75) is 25.9 Å². The van der Waals surface area contributed by atoms with Crippen molar-refractivity contribution in [2.75, 3.05) is 7.05 Å². The summed E-state index contributed by atoms with van der Waals surface area (Å²) < 4.78 is 2.14. The number of nitrogens with zero attached hydrogens (tertiary/aromatic N) is 2. The van der Waals surface area contributed by atoms with Crippen molar-refractivity contribution in [3.8, 4) is 0 Å². The molecule has 0 saturated heterocycles. The van der Waals surface area contributed by atoms with Crippen molar-refractivity contribution >= 4 is 5.69 Å². The summed E-state index contributed by atoms with van der Waals surface area (Å²) in [4.78, 5) is 10.2. The van der Waals surface area contributed by atoms with Gasteiger partial charge in [0.25, 0.3) is 5.69 Å². The first-order valence-corrected chi connectivity index (χ1v) is 6.66. The molecule has 1 heterocycles. The van der Waals surface area contributed by atoms with Gasteiger partial charge in [-0.05, 0) is 37.6 Å². The van der Waals surface area contributed by atoms with Crippen LogP contribution in [0.15, 0.2) is 42.7 Å². The third-order valence-electron chi connectivity index (χ3n) is 3.51. The number of nitro groups is 1. The molecule has 0 saturated carbocycles. The maximum absolute atomic E-state index is 10.6. The minimum absolute atomic E-state index is 0.139. The second-order valence-corrected chi connectivity index (χ2v) is 4.87. The Labute approximate surface area is 118 Å². The summed E-state index contributed by atoms with van der Waals surface area (Å²) >= 11 is 0. The number of benzene rings is 1. The molecule has 20 heavy (non-hydrogen) atoms. The Kier molecular flexibility index (Phi) is 4.53. The first kappa shape index (κ1) is 14.3. The summed E-state index contributed by atoms with van der Waals surface area (Å²) in [6, 6.07) is 9.20. The Morgan fingerprint density at radius 2 is 2.00 bits per heavy atom. The van der Waals surface area contributed by atoms with Crippen LogP contribution < -0.4 is 5.32 Å². The van der Waals surface area contributed by atoms with Crippen molar-refractivity contribution in [3.63, 3.8) is 0 Å². The quantitative estimate of drug-likeness (QED) is 0.650. The first-order chi connectivity index (χ1) is 9.60. The largest absolute Gasteiger partial charge is 0.354 e. The van der Waals surface area contributed by atoms with Crippen LogP contribution in [0.2, 0.25) is 0 Å². The van der Waals surface area contributed by atoms with Crippen LogP contribution in [-0.2, 0) is 13.0 Å². The maximum Gasteiger partial charge on any atom is 0.269 e. The molecule has 1 aromatic carbocycles. The fourth-order valence-electron chi connectivity index (χ4n) is 2.06. The smallest absolute Gasteiger partial charge is 0.269 e. The highest BCUT2D eigenvalue weighted by Crippen LogP contribution is 2.14. The highest BCUT2D eigenvalue weighted by molar-refractivity contribution is 5.32. The van der Waals surface area contributed by atoms with Crippen LogP contribution in [0.25, 0.3) is 0 Å². The molecule has 2 aromatic rings. The van der Waals surface area contributed by atoms with Gasteiger partial charge in [0.1, 0.15) is 0 Å². The van der Waals surface area contributed by atoms with E-state index in [-0.39, 0.29) is 10.6 Å². The molecule has 0 aliphatic carbocycles. The van der Waals surface area contributed by atoms with E-state index in [1.165, 1.54) is 5.56 Å². The Bertz CT molecular complexity index is 575. The fourth-order valence-corrected chi connectivity index (χ4v) is 2.06. The van der Waals surface area contributed by atoms with Gasteiger partial charge in [0.05, 0.1) is 4.92 Å². The molecule has 1 unspecified atom stereocenters. The summed E-state index contributed by atoms with van der Waals surface area (Å²) in [5.74, 6) is 0. The highest BCUT2D eigenvalue weighted by Gasteiger charge is 2.06. The van der Waals surface area contributed by atoms with E-state index in [4.69, 9.17) is 0 Å². The van der Waals surface area contributed by atoms with Crippen molar-refractivity contribution in [1.82, 2.24) is 9.88 Å². The lowest BCUT2D eigenvalue weighted by atomic mass is 10.1. The zero-order valence-electron chi connectivity index (χ0n) is 11.7. The zero-order valence-corrected chi connectivity index (χ0v) is 11.7. The number of rotatable bonds is 6. The van der Waals surface area contributed by atoms with Crippen LogP contribution in [0, 0.1) is 10.1 Å². The summed E-state index contributed by atoms with van der Waals surface area (Å²) in [5, 5.41) is 13.8. The molecule has 1 atom stereocenters. The molecule has 0 fully saturated rings. The Balaban J connectivity index is 1.94. The molecule has 106 valence electrons. The minimum Gasteiger partial charge on any atom is -0.354 e. The number of hydrogen-bond donors (Lipinski definition) is 1. The normalized spacial score (nSPS) is 12.3. The van der Waals surface area contributed by atoms with E-state index >= 15 is 0 Å². The van der Waals surface area contributed by atoms with Crippen LogP contribution in [0.1, 0.15) is 24.1 Å². The average Bonchev–Trinajstić information content (AvgIpc) is 2.93. The van der Waals surface area contributed by atoms with Crippen molar-refractivity contribution < 1.29 is 4.92 Å². The lowest BCUT2D eigenvalue weighted by molar-refractivity contribution is -0.384. The molecule has 0 aliphatic rings. The topological polar surface area (TPSA) is 60.1 Å². The van der Waals surface area contributed by atoms with Crippen LogP contribution in [-0.4, -0.2) is 16.5 Å². The van der Waals surface area contributed by atoms with Gasteiger partial charge in [-0.3, -0.25) is 10.1 Å². The summed E-state index contributed by atoms with van der Waals surface area (Å²) in [6.45, 7) is 2.99. The number of nitrogens with one attached hydrogen (secondary N) is 1. The Hall–Kier alpha value is -2.14. The van der Waals surface area contributed by atoms with Crippen molar-refractivity contribution in [3.05, 3.63) is 64.0 Å². The van der Waals surface area contributed by atoms with E-state index in [1.807, 2.05) is 19.2 Å². The SMILES string of the molecule is CNC(C)c1ccn(CCc2ccc([N+](=O)[O-])cc2)c1. The third kappa shape index (κ3) is 3.45. The molecule has 0 radical (unpaired) electrons. The third-order valence-corrected chi connectivity index (χ3v) is 3.51. The van der Waals surface area contributed by atoms with Gasteiger partial charge in [-0.25, -0.2) is 0 Å². The summed E-state index contributed by atoms with van der Waals surface area (Å²) in [5.41, 5.74) is 2.50. The van der Waals surface area contributed by atoms with Gasteiger partial charge in [0.15, 0.2) is 0 Å². The van der Waals surface area contributed by atoms with Gasteiger partial charge < -0.3 is 9.88 Å². The highest BCUT2D eigenvalue weighted by atomic mass is 16.6. The van der Waals surface area contributed by atoms with Gasteiger partial charge in [-0.2, -0.15) is 0 Å². The predicted molar refractivity (Wildman–Crippen MR) is 78.7 cm³/mol. The molecule has 1 N–H and O–H groups in total. The maximum atomic E-state index is 10.6. The molecule has 5 heteroatoms. The van der Waals surface area contributed by atoms with Crippen molar-refractivity contribution in [1.29, 1.82) is 0 Å². The summed E-state index contributed by atoms with van der Waals surface area (Å²) in [7, 11) is 1.94. The van der Waals surface area contributed by atoms with Gasteiger partial charge in [-0.15, -0.1) is 0 Å². The van der Waals surface area contributed by atoms with Crippen LogP contribution in [0.4, 0.5) is 5.69 Å². The molecule has 0 bridgehead atoms. The standard InChI is InChI=1S/C15H19N3O2/c1-12(16-2)14-8-10-17(11-14)9-7-13-3-5-15(6-4-13)18(19)20/h3-6,8,10-12,16H,7,9H2,1-2H3. The number of non-ortho nitro benzene ring substituents is 1. The average molecular weight is 273 g/mol. The molecule has 0 amide bonds. The van der Waals surface area contributed by atoms with E-state index < -0.39 is 0 Å². The van der Waals surface area contributed by atoms with E-state index in [9.17, 15) is 10.1 Å². The van der Waals surface area contributed by atoms with Crippen LogP contribution in [0.3, 0.4) is 0 Å². The molecular weight excluding hydrogens is 254 g/mol. The van der Waals surface area contributed by atoms with Gasteiger partial charge in [0.2, 0.25) is 0 Å².